The van der Waals surface area contributed by atoms with Gasteiger partial charge in [0.1, 0.15) is 11.7 Å². The number of hydrogen-bond acceptors (Lipinski definition) is 7. The van der Waals surface area contributed by atoms with E-state index in [1.807, 2.05) is 44.2 Å². The summed E-state index contributed by atoms with van der Waals surface area (Å²) in [6, 6.07) is 12.6. The van der Waals surface area contributed by atoms with Gasteiger partial charge in [-0.3, -0.25) is 14.8 Å². The van der Waals surface area contributed by atoms with Crippen LogP contribution in [0.2, 0.25) is 0 Å². The quantitative estimate of drug-likeness (QED) is 0.296. The number of carbonyl (C=O) groups is 1. The standard InChI is InChI=1S/C29H25F3N8O/c1-16-4-7-21(35-25-11-18-10-20(29(30,31)32)6-9-23(18)37-25)12-24(16)40-15-19-13-34-27(38-26(19)39(3)28(40)41)36-22-8-5-17(2)33-14-22/h4-10,12-14H,11,15H2,1-3H3,(H,35,37)(H,34,36,38). The van der Waals surface area contributed by atoms with E-state index in [-0.39, 0.29) is 19.0 Å². The van der Waals surface area contributed by atoms with Crippen LogP contribution in [0, 0.1) is 13.8 Å². The van der Waals surface area contributed by atoms with Crippen LogP contribution in [0.25, 0.3) is 0 Å². The maximum Gasteiger partial charge on any atom is 0.416 e. The highest BCUT2D eigenvalue weighted by Crippen LogP contribution is 2.36. The van der Waals surface area contributed by atoms with E-state index in [1.165, 1.54) is 11.0 Å². The maximum atomic E-state index is 13.5. The number of amidine groups is 1. The van der Waals surface area contributed by atoms with Crippen molar-refractivity contribution in [2.75, 3.05) is 27.5 Å². The third-order valence-corrected chi connectivity index (χ3v) is 6.98. The van der Waals surface area contributed by atoms with E-state index in [0.29, 0.717) is 40.2 Å². The molecule has 41 heavy (non-hydrogen) atoms. The number of nitrogens with zero attached hydrogens (tertiary/aromatic N) is 6. The van der Waals surface area contributed by atoms with Crippen molar-refractivity contribution in [3.8, 4) is 0 Å². The van der Waals surface area contributed by atoms with E-state index >= 15 is 0 Å². The third kappa shape index (κ3) is 5.15. The van der Waals surface area contributed by atoms with E-state index < -0.39 is 11.7 Å². The molecule has 2 aromatic heterocycles. The molecule has 0 unspecified atom stereocenters. The molecule has 2 aliphatic heterocycles. The van der Waals surface area contributed by atoms with E-state index in [9.17, 15) is 18.0 Å². The van der Waals surface area contributed by atoms with Crippen molar-refractivity contribution in [3.63, 3.8) is 0 Å². The van der Waals surface area contributed by atoms with Crippen molar-refractivity contribution in [3.05, 3.63) is 88.9 Å². The van der Waals surface area contributed by atoms with Gasteiger partial charge in [-0.25, -0.2) is 14.8 Å². The average Bonchev–Trinajstić information content (AvgIpc) is 3.34. The number of halogens is 3. The van der Waals surface area contributed by atoms with E-state index in [4.69, 9.17) is 0 Å². The highest BCUT2D eigenvalue weighted by Gasteiger charge is 2.33. The third-order valence-electron chi connectivity index (χ3n) is 6.98. The minimum Gasteiger partial charge on any atom is -0.343 e. The molecule has 2 aliphatic rings. The molecule has 0 radical (unpaired) electrons. The zero-order valence-electron chi connectivity index (χ0n) is 22.4. The first-order valence-corrected chi connectivity index (χ1v) is 12.8. The molecule has 9 nitrogen and oxygen atoms in total. The molecule has 12 heteroatoms. The Morgan fingerprint density at radius 3 is 2.46 bits per heavy atom. The number of anilines is 5. The van der Waals surface area contributed by atoms with Gasteiger partial charge in [0.2, 0.25) is 5.95 Å². The lowest BCUT2D eigenvalue weighted by Crippen LogP contribution is -2.46. The molecule has 6 rings (SSSR count). The van der Waals surface area contributed by atoms with Crippen molar-refractivity contribution in [1.29, 1.82) is 0 Å². The number of aryl methyl sites for hydroxylation is 2. The summed E-state index contributed by atoms with van der Waals surface area (Å²) in [6.07, 6.45) is -0.785. The highest BCUT2D eigenvalue weighted by molar-refractivity contribution is 6.06. The van der Waals surface area contributed by atoms with Crippen LogP contribution in [-0.2, 0) is 19.1 Å². The summed E-state index contributed by atoms with van der Waals surface area (Å²) in [5.41, 5.74) is 4.93. The van der Waals surface area contributed by atoms with Crippen LogP contribution in [0.5, 0.6) is 0 Å². The van der Waals surface area contributed by atoms with Crippen molar-refractivity contribution < 1.29 is 18.0 Å². The first-order valence-electron chi connectivity index (χ1n) is 12.8. The summed E-state index contributed by atoms with van der Waals surface area (Å²) in [5.74, 6) is 1.39. The number of benzene rings is 2. The van der Waals surface area contributed by atoms with E-state index in [1.54, 1.807) is 24.3 Å². The number of rotatable bonds is 4. The zero-order valence-corrected chi connectivity index (χ0v) is 22.4. The second-order valence-electron chi connectivity index (χ2n) is 9.99. The normalized spacial score (nSPS) is 14.5. The lowest BCUT2D eigenvalue weighted by molar-refractivity contribution is -0.137. The average molecular weight is 559 g/mol. The number of alkyl halides is 3. The van der Waals surface area contributed by atoms with Gasteiger partial charge in [0.25, 0.3) is 0 Å². The lowest BCUT2D eigenvalue weighted by Gasteiger charge is -2.35. The van der Waals surface area contributed by atoms with Crippen LogP contribution < -0.4 is 20.4 Å². The Bertz CT molecular complexity index is 1700. The largest absolute Gasteiger partial charge is 0.416 e. The van der Waals surface area contributed by atoms with Crippen molar-refractivity contribution in [1.82, 2.24) is 15.0 Å². The number of pyridine rings is 1. The molecule has 0 saturated carbocycles. The van der Waals surface area contributed by atoms with Gasteiger partial charge in [-0.1, -0.05) is 6.07 Å². The minimum absolute atomic E-state index is 0.244. The van der Waals surface area contributed by atoms with Gasteiger partial charge >= 0.3 is 12.2 Å². The number of hydrogen-bond donors (Lipinski definition) is 2. The van der Waals surface area contributed by atoms with Crippen LogP contribution in [0.1, 0.15) is 27.9 Å². The van der Waals surface area contributed by atoms with Gasteiger partial charge in [-0.15, -0.1) is 0 Å². The summed E-state index contributed by atoms with van der Waals surface area (Å²) >= 11 is 0. The number of carbonyl (C=O) groups excluding carboxylic acids is 1. The first kappa shape index (κ1) is 26.2. The molecule has 0 bridgehead atoms. The number of nitrogens with one attached hydrogen (secondary N) is 2. The molecule has 2 amide bonds. The zero-order chi connectivity index (χ0) is 28.9. The lowest BCUT2D eigenvalue weighted by atomic mass is 10.1. The maximum absolute atomic E-state index is 13.5. The number of urea groups is 1. The fourth-order valence-electron chi connectivity index (χ4n) is 4.82. The van der Waals surface area contributed by atoms with Gasteiger partial charge in [-0.05, 0) is 67.4 Å². The van der Waals surface area contributed by atoms with Crippen LogP contribution in [0.15, 0.2) is 65.9 Å². The summed E-state index contributed by atoms with van der Waals surface area (Å²) in [7, 11) is 1.66. The number of aromatic nitrogens is 3. The van der Waals surface area contributed by atoms with Crippen LogP contribution in [0.4, 0.5) is 52.5 Å². The molecule has 4 aromatic rings. The second kappa shape index (κ2) is 9.88. The topological polar surface area (TPSA) is 98.6 Å². The molecular weight excluding hydrogens is 533 g/mol. The smallest absolute Gasteiger partial charge is 0.343 e. The Morgan fingerprint density at radius 2 is 1.71 bits per heavy atom. The molecule has 0 spiro atoms. The predicted molar refractivity (Wildman–Crippen MR) is 151 cm³/mol. The molecule has 0 fully saturated rings. The second-order valence-corrected chi connectivity index (χ2v) is 9.99. The van der Waals surface area contributed by atoms with Crippen molar-refractivity contribution in [2.45, 2.75) is 33.0 Å². The summed E-state index contributed by atoms with van der Waals surface area (Å²) in [6.45, 7) is 4.07. The Morgan fingerprint density at radius 1 is 0.902 bits per heavy atom. The predicted octanol–water partition coefficient (Wildman–Crippen LogP) is 6.53. The first-order chi connectivity index (χ1) is 19.5. The molecule has 2 N–H and O–H groups in total. The monoisotopic (exact) mass is 558 g/mol. The SMILES string of the molecule is Cc1ccc(Nc2ncc3c(n2)N(C)C(=O)N(c2cc(NC4=Nc5ccc(C(F)(F)F)cc5C4)ccc2C)C3)cn1. The molecule has 2 aromatic carbocycles. The van der Waals surface area contributed by atoms with Crippen LogP contribution in [-0.4, -0.2) is 33.9 Å². The number of fused-ring (bicyclic) bond motifs is 2. The molecular formula is C29H25F3N8O. The molecule has 208 valence electrons. The molecule has 0 atom stereocenters. The van der Waals surface area contributed by atoms with Gasteiger partial charge in [0.05, 0.1) is 35.4 Å². The molecule has 0 aliphatic carbocycles. The van der Waals surface area contributed by atoms with Crippen LogP contribution in [0.3, 0.4) is 0 Å². The minimum atomic E-state index is -4.41. The fourth-order valence-corrected chi connectivity index (χ4v) is 4.82. The van der Waals surface area contributed by atoms with Gasteiger partial charge in [0, 0.05) is 36.6 Å². The summed E-state index contributed by atoms with van der Waals surface area (Å²) in [4.78, 5) is 34.3. The fraction of sp³-hybridized carbons (Fsp3) is 0.207. The van der Waals surface area contributed by atoms with Gasteiger partial charge in [0.15, 0.2) is 0 Å². The van der Waals surface area contributed by atoms with Crippen LogP contribution >= 0.6 is 0 Å². The molecule has 4 heterocycles. The number of amides is 2. The highest BCUT2D eigenvalue weighted by atomic mass is 19.4. The molecule has 0 saturated heterocycles. The Kier molecular flexibility index (Phi) is 6.32. The number of aliphatic imine (C=N–C) groups is 1. The van der Waals surface area contributed by atoms with E-state index in [2.05, 4.69) is 30.6 Å². The summed E-state index contributed by atoms with van der Waals surface area (Å²) < 4.78 is 39.4. The van der Waals surface area contributed by atoms with E-state index in [0.717, 1.165) is 34.6 Å². The summed E-state index contributed by atoms with van der Waals surface area (Å²) in [5, 5.41) is 6.33. The van der Waals surface area contributed by atoms with Gasteiger partial charge < -0.3 is 10.6 Å². The Balaban J connectivity index is 1.21. The Hall–Kier alpha value is -5.00. The van der Waals surface area contributed by atoms with Crippen molar-refractivity contribution in [2.24, 2.45) is 4.99 Å². The van der Waals surface area contributed by atoms with Crippen molar-refractivity contribution >= 4 is 46.4 Å². The Labute approximate surface area is 233 Å². The van der Waals surface area contributed by atoms with Gasteiger partial charge in [-0.2, -0.15) is 18.2 Å².